The summed E-state index contributed by atoms with van der Waals surface area (Å²) in [5.74, 6) is -0.573. The Kier molecular flexibility index (Phi) is 56.8. The number of rotatable bonds is 56. The molecule has 0 aromatic rings. The van der Waals surface area contributed by atoms with Crippen molar-refractivity contribution >= 4 is 11.9 Å². The van der Waals surface area contributed by atoms with Gasteiger partial charge in [-0.05, 0) is 51.4 Å². The van der Waals surface area contributed by atoms with E-state index in [0.717, 1.165) is 51.4 Å². The predicted molar refractivity (Wildman–Crippen MR) is 293 cm³/mol. The van der Waals surface area contributed by atoms with E-state index in [4.69, 9.17) is 9.47 Å². The van der Waals surface area contributed by atoms with Crippen LogP contribution in [0.2, 0.25) is 0 Å². The first-order valence-corrected chi connectivity index (χ1v) is 30.0. The molecule has 0 saturated carbocycles. The third-order valence-corrected chi connectivity index (χ3v) is 13.7. The molecule has 0 spiro atoms. The fraction of sp³-hybridized carbons (Fsp3) is 0.871. The zero-order chi connectivity index (χ0) is 48.5. The molecular weight excluding hydrogens is 825 g/mol. The molecule has 394 valence electrons. The first kappa shape index (κ1) is 65.1. The summed E-state index contributed by atoms with van der Waals surface area (Å²) < 4.78 is 10.7. The Morgan fingerprint density at radius 2 is 0.597 bits per heavy atom. The monoisotopic (exact) mass is 941 g/mol. The Morgan fingerprint density at radius 1 is 0.343 bits per heavy atom. The lowest BCUT2D eigenvalue weighted by molar-refractivity contribution is -0.161. The minimum absolute atomic E-state index is 0.0587. The van der Waals surface area contributed by atoms with Crippen LogP contribution in [0, 0.1) is 0 Å². The van der Waals surface area contributed by atoms with Crippen molar-refractivity contribution in [3.8, 4) is 0 Å². The summed E-state index contributed by atoms with van der Waals surface area (Å²) in [7, 11) is 0. The molecule has 0 saturated heterocycles. The summed E-state index contributed by atoms with van der Waals surface area (Å²) in [5.41, 5.74) is 0. The number of aliphatic hydroxyl groups excluding tert-OH is 1. The fourth-order valence-electron chi connectivity index (χ4n) is 9.15. The Balaban J connectivity index is 3.35. The Bertz CT molecular complexity index is 1060. The molecule has 0 aromatic carbocycles. The molecule has 1 N–H and O–H groups in total. The van der Waals surface area contributed by atoms with Crippen molar-refractivity contribution in [1.82, 2.24) is 0 Å². The first-order chi connectivity index (χ1) is 33.1. The molecule has 67 heavy (non-hydrogen) atoms. The predicted octanol–water partition coefficient (Wildman–Crippen LogP) is 20.3. The highest BCUT2D eigenvalue weighted by Gasteiger charge is 2.16. The van der Waals surface area contributed by atoms with Gasteiger partial charge < -0.3 is 14.6 Å². The number of hydrogen-bond donors (Lipinski definition) is 1. The van der Waals surface area contributed by atoms with E-state index < -0.39 is 6.10 Å². The van der Waals surface area contributed by atoms with Crippen molar-refractivity contribution in [3.63, 3.8) is 0 Å². The van der Waals surface area contributed by atoms with E-state index in [1.807, 2.05) is 0 Å². The zero-order valence-corrected chi connectivity index (χ0v) is 45.2. The van der Waals surface area contributed by atoms with Crippen LogP contribution in [0.5, 0.6) is 0 Å². The maximum absolute atomic E-state index is 12.3. The normalized spacial score (nSPS) is 12.3. The lowest BCUT2D eigenvalue weighted by Gasteiger charge is -2.15. The van der Waals surface area contributed by atoms with Gasteiger partial charge in [0.15, 0.2) is 6.10 Å². The van der Waals surface area contributed by atoms with Crippen LogP contribution in [0.25, 0.3) is 0 Å². The molecule has 5 nitrogen and oxygen atoms in total. The van der Waals surface area contributed by atoms with Gasteiger partial charge in [-0.3, -0.25) is 9.59 Å². The first-order valence-electron chi connectivity index (χ1n) is 30.0. The van der Waals surface area contributed by atoms with Crippen LogP contribution in [0.15, 0.2) is 36.5 Å². The lowest BCUT2D eigenvalue weighted by atomic mass is 10.0. The maximum atomic E-state index is 12.3. The number of carbonyl (C=O) groups is 2. The van der Waals surface area contributed by atoms with Gasteiger partial charge in [-0.2, -0.15) is 0 Å². The highest BCUT2D eigenvalue weighted by Crippen LogP contribution is 2.18. The van der Waals surface area contributed by atoms with Gasteiger partial charge in [0.25, 0.3) is 0 Å². The van der Waals surface area contributed by atoms with E-state index in [1.165, 1.54) is 250 Å². The van der Waals surface area contributed by atoms with E-state index in [2.05, 4.69) is 50.3 Å². The molecule has 1 atom stereocenters. The van der Waals surface area contributed by atoms with Gasteiger partial charge in [-0.1, -0.05) is 301 Å². The number of allylic oxidation sites excluding steroid dienone is 6. The van der Waals surface area contributed by atoms with Crippen LogP contribution < -0.4 is 0 Å². The Hall–Kier alpha value is -1.88. The second kappa shape index (κ2) is 58.4. The van der Waals surface area contributed by atoms with Crippen molar-refractivity contribution < 1.29 is 24.2 Å². The number of unbranched alkanes of at least 4 members (excludes halogenated alkanes) is 42. The molecule has 0 heterocycles. The second-order valence-electron chi connectivity index (χ2n) is 20.4. The van der Waals surface area contributed by atoms with Crippen molar-refractivity contribution in [2.75, 3.05) is 13.2 Å². The standard InChI is InChI=1S/C62H116O5/c1-3-5-7-9-11-13-15-17-18-19-20-21-22-23-24-25-26-27-28-29-30-31-32-33-34-35-36-37-38-39-40-41-42-43-44-45-47-49-51-53-55-57-62(65)67-60(58-63)59-66-61(64)56-54-52-50-48-46-16-14-12-10-8-6-4-2/h15,17,19-20,22-23,60,63H,3-14,16,18,21,24-59H2,1-2H3/b17-15-,20-19-,23-22-. The number of carbonyl (C=O) groups excluding carboxylic acids is 2. The fourth-order valence-corrected chi connectivity index (χ4v) is 9.15. The van der Waals surface area contributed by atoms with Crippen LogP contribution in [0.4, 0.5) is 0 Å². The van der Waals surface area contributed by atoms with E-state index in [-0.39, 0.29) is 25.2 Å². The smallest absolute Gasteiger partial charge is 0.306 e. The molecule has 0 fully saturated rings. The zero-order valence-electron chi connectivity index (χ0n) is 45.2. The third-order valence-electron chi connectivity index (χ3n) is 13.7. The summed E-state index contributed by atoms with van der Waals surface area (Å²) in [6.07, 6.45) is 75.9. The molecule has 0 rings (SSSR count). The van der Waals surface area contributed by atoms with Crippen molar-refractivity contribution in [3.05, 3.63) is 36.5 Å². The van der Waals surface area contributed by atoms with Gasteiger partial charge in [0, 0.05) is 12.8 Å². The van der Waals surface area contributed by atoms with Crippen LogP contribution in [-0.2, 0) is 19.1 Å². The number of aliphatic hydroxyl groups is 1. The highest BCUT2D eigenvalue weighted by atomic mass is 16.6. The van der Waals surface area contributed by atoms with Gasteiger partial charge >= 0.3 is 11.9 Å². The minimum Gasteiger partial charge on any atom is -0.462 e. The molecular formula is C62H116O5. The van der Waals surface area contributed by atoms with Gasteiger partial charge in [0.2, 0.25) is 0 Å². The molecule has 0 bridgehead atoms. The van der Waals surface area contributed by atoms with E-state index >= 15 is 0 Å². The molecule has 0 aliphatic rings. The molecule has 0 aliphatic carbocycles. The summed E-state index contributed by atoms with van der Waals surface area (Å²) >= 11 is 0. The quantitative estimate of drug-likeness (QED) is 0.0374. The van der Waals surface area contributed by atoms with E-state index in [9.17, 15) is 14.7 Å². The average molecular weight is 942 g/mol. The highest BCUT2D eigenvalue weighted by molar-refractivity contribution is 5.70. The molecule has 0 aromatic heterocycles. The van der Waals surface area contributed by atoms with Crippen molar-refractivity contribution in [2.45, 2.75) is 335 Å². The van der Waals surface area contributed by atoms with Crippen LogP contribution in [-0.4, -0.2) is 36.4 Å². The van der Waals surface area contributed by atoms with Crippen LogP contribution in [0.1, 0.15) is 328 Å². The van der Waals surface area contributed by atoms with Gasteiger partial charge in [0.1, 0.15) is 6.61 Å². The molecule has 0 radical (unpaired) electrons. The lowest BCUT2D eigenvalue weighted by Crippen LogP contribution is -2.28. The second-order valence-corrected chi connectivity index (χ2v) is 20.4. The summed E-state index contributed by atoms with van der Waals surface area (Å²) in [4.78, 5) is 24.4. The van der Waals surface area contributed by atoms with Crippen LogP contribution >= 0.6 is 0 Å². The van der Waals surface area contributed by atoms with E-state index in [1.54, 1.807) is 0 Å². The topological polar surface area (TPSA) is 72.8 Å². The number of esters is 2. The molecule has 1 unspecified atom stereocenters. The van der Waals surface area contributed by atoms with Crippen molar-refractivity contribution in [1.29, 1.82) is 0 Å². The molecule has 0 aliphatic heterocycles. The third kappa shape index (κ3) is 56.6. The molecule has 0 amide bonds. The Morgan fingerprint density at radius 3 is 0.896 bits per heavy atom. The summed E-state index contributed by atoms with van der Waals surface area (Å²) in [6.45, 7) is 4.16. The largest absolute Gasteiger partial charge is 0.462 e. The van der Waals surface area contributed by atoms with E-state index in [0.29, 0.717) is 12.8 Å². The van der Waals surface area contributed by atoms with Crippen molar-refractivity contribution in [2.24, 2.45) is 0 Å². The van der Waals surface area contributed by atoms with Gasteiger partial charge in [0.05, 0.1) is 6.61 Å². The SMILES string of the molecule is CCCCCCC/C=C\C/C=C\C/C=C\CCCCCCCCCCCCCCCCCCCCCCCCCCCCC(=O)OC(CO)COC(=O)CCCCCCCCCCCCCC. The van der Waals surface area contributed by atoms with Gasteiger partial charge in [-0.15, -0.1) is 0 Å². The minimum atomic E-state index is -0.765. The summed E-state index contributed by atoms with van der Waals surface area (Å²) in [6, 6.07) is 0. The number of ether oxygens (including phenoxy) is 2. The molecule has 5 heteroatoms. The summed E-state index contributed by atoms with van der Waals surface area (Å²) in [5, 5.41) is 9.62. The Labute approximate surface area is 418 Å². The number of hydrogen-bond acceptors (Lipinski definition) is 5. The maximum Gasteiger partial charge on any atom is 0.306 e. The van der Waals surface area contributed by atoms with Crippen LogP contribution in [0.3, 0.4) is 0 Å². The van der Waals surface area contributed by atoms with Gasteiger partial charge in [-0.25, -0.2) is 0 Å². The average Bonchev–Trinajstić information content (AvgIpc) is 3.33.